The van der Waals surface area contributed by atoms with Crippen molar-refractivity contribution in [2.24, 2.45) is 0 Å². The molecule has 0 fully saturated rings. The number of aromatic nitrogens is 1. The Bertz CT molecular complexity index is 604. The molecule has 1 N–H and O–H groups in total. The Kier molecular flexibility index (Phi) is 8.77. The number of carbonyl (C=O) groups is 3. The molecule has 138 valence electrons. The van der Waals surface area contributed by atoms with Crippen LogP contribution in [0.15, 0.2) is 12.3 Å². The second-order valence-electron chi connectivity index (χ2n) is 4.77. The molecule has 0 unspecified atom stereocenters. The molecule has 0 spiro atoms. The van der Waals surface area contributed by atoms with Crippen molar-refractivity contribution in [3.63, 3.8) is 0 Å². The number of unbranched alkanes of at least 4 members (excludes halogenated alkanes) is 1. The Balaban J connectivity index is 2.66. The minimum Gasteiger partial charge on any atom is -0.491 e. The quantitative estimate of drug-likeness (QED) is 0.526. The van der Waals surface area contributed by atoms with Gasteiger partial charge in [0.1, 0.15) is 6.54 Å². The van der Waals surface area contributed by atoms with E-state index in [0.29, 0.717) is 6.61 Å². The van der Waals surface area contributed by atoms with Crippen LogP contribution in [0.2, 0.25) is 0 Å². The third-order valence-corrected chi connectivity index (χ3v) is 2.88. The fraction of sp³-hybridized carbons (Fsp3) is 0.500. The van der Waals surface area contributed by atoms with Gasteiger partial charge in [0.05, 0.1) is 25.9 Å². The van der Waals surface area contributed by atoms with Crippen LogP contribution in [0.3, 0.4) is 0 Å². The lowest BCUT2D eigenvalue weighted by Crippen LogP contribution is -2.33. The summed E-state index contributed by atoms with van der Waals surface area (Å²) < 4.78 is 19.8. The van der Waals surface area contributed by atoms with Crippen molar-refractivity contribution in [1.29, 1.82) is 0 Å². The van der Waals surface area contributed by atoms with Crippen LogP contribution in [0.1, 0.15) is 37.0 Å². The first-order valence-corrected chi connectivity index (χ1v) is 7.84. The van der Waals surface area contributed by atoms with Gasteiger partial charge in [-0.3, -0.25) is 4.79 Å². The number of methoxy groups -OCH3 is 1. The topological polar surface area (TPSA) is 113 Å². The van der Waals surface area contributed by atoms with E-state index in [1.54, 1.807) is 6.92 Å². The van der Waals surface area contributed by atoms with E-state index in [4.69, 9.17) is 14.2 Å². The average molecular weight is 354 g/mol. The first-order chi connectivity index (χ1) is 12.0. The SMILES string of the molecule is CCCCOC(=O)c1cnc(OC(=O)NCC(=O)OCC)c(OC)c1. The lowest BCUT2D eigenvalue weighted by Gasteiger charge is -2.10. The van der Waals surface area contributed by atoms with Gasteiger partial charge >= 0.3 is 18.0 Å². The summed E-state index contributed by atoms with van der Waals surface area (Å²) in [6.07, 6.45) is 1.97. The van der Waals surface area contributed by atoms with Gasteiger partial charge < -0.3 is 24.3 Å². The van der Waals surface area contributed by atoms with Gasteiger partial charge in [0.15, 0.2) is 5.75 Å². The van der Waals surface area contributed by atoms with Gasteiger partial charge in [-0.15, -0.1) is 0 Å². The van der Waals surface area contributed by atoms with Gasteiger partial charge in [0, 0.05) is 12.3 Å². The summed E-state index contributed by atoms with van der Waals surface area (Å²) in [6, 6.07) is 1.36. The van der Waals surface area contributed by atoms with E-state index in [1.807, 2.05) is 6.92 Å². The Labute approximate surface area is 145 Å². The molecule has 0 saturated heterocycles. The maximum Gasteiger partial charge on any atom is 0.414 e. The van der Waals surface area contributed by atoms with Crippen LogP contribution in [0, 0.1) is 0 Å². The Morgan fingerprint density at radius 2 is 1.96 bits per heavy atom. The summed E-state index contributed by atoms with van der Waals surface area (Å²) in [7, 11) is 1.34. The van der Waals surface area contributed by atoms with Crippen molar-refractivity contribution in [3.05, 3.63) is 17.8 Å². The smallest absolute Gasteiger partial charge is 0.414 e. The van der Waals surface area contributed by atoms with Gasteiger partial charge in [0.25, 0.3) is 5.88 Å². The predicted molar refractivity (Wildman–Crippen MR) is 86.6 cm³/mol. The van der Waals surface area contributed by atoms with E-state index in [0.717, 1.165) is 12.8 Å². The zero-order valence-corrected chi connectivity index (χ0v) is 14.5. The summed E-state index contributed by atoms with van der Waals surface area (Å²) in [4.78, 5) is 38.6. The molecular formula is C16H22N2O7. The highest BCUT2D eigenvalue weighted by Crippen LogP contribution is 2.25. The van der Waals surface area contributed by atoms with Gasteiger partial charge in [0.2, 0.25) is 0 Å². The second kappa shape index (κ2) is 10.8. The van der Waals surface area contributed by atoms with E-state index < -0.39 is 18.0 Å². The number of pyridine rings is 1. The summed E-state index contributed by atoms with van der Waals surface area (Å²) in [5, 5.41) is 2.22. The molecule has 1 amide bonds. The largest absolute Gasteiger partial charge is 0.491 e. The van der Waals surface area contributed by atoms with Crippen LogP contribution in [0.5, 0.6) is 11.6 Å². The van der Waals surface area contributed by atoms with Crippen LogP contribution in [-0.4, -0.2) is 49.9 Å². The second-order valence-corrected chi connectivity index (χ2v) is 4.77. The molecule has 0 saturated carbocycles. The number of amides is 1. The number of esters is 2. The molecule has 1 rings (SSSR count). The molecule has 1 heterocycles. The minimum atomic E-state index is -0.905. The van der Waals surface area contributed by atoms with Crippen molar-refractivity contribution < 1.29 is 33.3 Å². The van der Waals surface area contributed by atoms with Crippen molar-refractivity contribution in [3.8, 4) is 11.6 Å². The number of hydrogen-bond acceptors (Lipinski definition) is 8. The Morgan fingerprint density at radius 1 is 1.20 bits per heavy atom. The third-order valence-electron chi connectivity index (χ3n) is 2.88. The number of ether oxygens (including phenoxy) is 4. The predicted octanol–water partition coefficient (Wildman–Crippen LogP) is 1.70. The number of carbonyl (C=O) groups excluding carboxylic acids is 3. The highest BCUT2D eigenvalue weighted by atomic mass is 16.6. The monoisotopic (exact) mass is 354 g/mol. The molecule has 0 radical (unpaired) electrons. The van der Waals surface area contributed by atoms with E-state index >= 15 is 0 Å². The molecule has 9 heteroatoms. The van der Waals surface area contributed by atoms with E-state index in [1.165, 1.54) is 19.4 Å². The molecule has 0 aliphatic rings. The summed E-state index contributed by atoms with van der Waals surface area (Å²) in [6.45, 7) is 3.82. The van der Waals surface area contributed by atoms with Crippen LogP contribution < -0.4 is 14.8 Å². The highest BCUT2D eigenvalue weighted by molar-refractivity contribution is 5.89. The fourth-order valence-corrected chi connectivity index (χ4v) is 1.64. The van der Waals surface area contributed by atoms with Crippen LogP contribution in [-0.2, 0) is 14.3 Å². The van der Waals surface area contributed by atoms with E-state index in [9.17, 15) is 14.4 Å². The molecular weight excluding hydrogens is 332 g/mol. The number of rotatable bonds is 9. The Morgan fingerprint density at radius 3 is 2.60 bits per heavy atom. The zero-order chi connectivity index (χ0) is 18.7. The highest BCUT2D eigenvalue weighted by Gasteiger charge is 2.16. The van der Waals surface area contributed by atoms with Gasteiger partial charge in [-0.1, -0.05) is 13.3 Å². The molecule has 0 bridgehead atoms. The molecule has 25 heavy (non-hydrogen) atoms. The van der Waals surface area contributed by atoms with E-state index in [2.05, 4.69) is 15.0 Å². The van der Waals surface area contributed by atoms with Gasteiger partial charge in [-0.25, -0.2) is 14.6 Å². The fourth-order valence-electron chi connectivity index (χ4n) is 1.64. The normalized spacial score (nSPS) is 9.88. The third kappa shape index (κ3) is 7.06. The molecule has 0 aromatic carbocycles. The zero-order valence-electron chi connectivity index (χ0n) is 14.5. The maximum atomic E-state index is 11.9. The molecule has 0 atom stereocenters. The van der Waals surface area contributed by atoms with Crippen molar-refractivity contribution >= 4 is 18.0 Å². The summed E-state index contributed by atoms with van der Waals surface area (Å²) >= 11 is 0. The Hall–Kier alpha value is -2.84. The number of hydrogen-bond donors (Lipinski definition) is 1. The minimum absolute atomic E-state index is 0.0798. The number of nitrogens with one attached hydrogen (secondary N) is 1. The summed E-state index contributed by atoms with van der Waals surface area (Å²) in [5.74, 6) is -1.20. The molecule has 0 aliphatic heterocycles. The number of nitrogens with zero attached hydrogens (tertiary/aromatic N) is 1. The van der Waals surface area contributed by atoms with Crippen LogP contribution >= 0.6 is 0 Å². The van der Waals surface area contributed by atoms with Gasteiger partial charge in [-0.05, 0) is 13.3 Å². The van der Waals surface area contributed by atoms with Crippen molar-refractivity contribution in [1.82, 2.24) is 10.3 Å². The first kappa shape index (κ1) is 20.2. The lowest BCUT2D eigenvalue weighted by molar-refractivity contribution is -0.141. The molecule has 9 nitrogen and oxygen atoms in total. The van der Waals surface area contributed by atoms with Gasteiger partial charge in [-0.2, -0.15) is 0 Å². The standard InChI is InChI=1S/C16H22N2O7/c1-4-6-7-24-15(20)11-8-12(22-3)14(17-9-11)25-16(21)18-10-13(19)23-5-2/h8-9H,4-7,10H2,1-3H3,(H,18,21). The van der Waals surface area contributed by atoms with Crippen molar-refractivity contribution in [2.75, 3.05) is 26.9 Å². The summed E-state index contributed by atoms with van der Waals surface area (Å²) in [5.41, 5.74) is 0.173. The maximum absolute atomic E-state index is 11.9. The molecule has 1 aromatic rings. The van der Waals surface area contributed by atoms with Crippen molar-refractivity contribution in [2.45, 2.75) is 26.7 Å². The molecule has 0 aliphatic carbocycles. The van der Waals surface area contributed by atoms with E-state index in [-0.39, 0.29) is 30.3 Å². The first-order valence-electron chi connectivity index (χ1n) is 7.84. The molecule has 1 aromatic heterocycles. The average Bonchev–Trinajstić information content (AvgIpc) is 2.60. The lowest BCUT2D eigenvalue weighted by atomic mass is 10.2. The van der Waals surface area contributed by atoms with Crippen LogP contribution in [0.25, 0.3) is 0 Å². The van der Waals surface area contributed by atoms with Crippen LogP contribution in [0.4, 0.5) is 4.79 Å².